The van der Waals surface area contributed by atoms with Crippen LogP contribution in [0.4, 0.5) is 5.69 Å². The molecule has 0 aromatic heterocycles. The minimum absolute atomic E-state index is 0.0768. The van der Waals surface area contributed by atoms with Gasteiger partial charge in [0.25, 0.3) is 0 Å². The number of anilines is 1. The normalized spacial score (nSPS) is 13.8. The van der Waals surface area contributed by atoms with Gasteiger partial charge < -0.3 is 5.73 Å². The van der Waals surface area contributed by atoms with Crippen LogP contribution in [0.5, 0.6) is 0 Å². The average molecular weight is 241 g/mol. The summed E-state index contributed by atoms with van der Waals surface area (Å²) in [4.78, 5) is 13.5. The van der Waals surface area contributed by atoms with Crippen LogP contribution < -0.4 is 5.73 Å². The van der Waals surface area contributed by atoms with Gasteiger partial charge in [-0.3, -0.25) is 4.79 Å². The fourth-order valence-electron chi connectivity index (χ4n) is 2.01. The molecule has 0 atom stereocenters. The number of rotatable bonds is 0. The largest absolute Gasteiger partial charge is 0.399 e. The Bertz CT molecular complexity index is 607. The number of carbonyl (C=O) groups excluding carboxylic acids is 1. The van der Waals surface area contributed by atoms with E-state index in [4.69, 9.17) is 5.73 Å². The van der Waals surface area contributed by atoms with E-state index in [0.717, 1.165) is 27.3 Å². The van der Waals surface area contributed by atoms with Crippen LogP contribution in [0.2, 0.25) is 0 Å². The predicted molar refractivity (Wildman–Crippen MR) is 70.3 cm³/mol. The number of fused-ring (bicyclic) bond motifs is 2. The summed E-state index contributed by atoms with van der Waals surface area (Å²) in [7, 11) is 0. The highest BCUT2D eigenvalue weighted by atomic mass is 32.2. The minimum Gasteiger partial charge on any atom is -0.399 e. The Kier molecular flexibility index (Phi) is 2.41. The quantitative estimate of drug-likeness (QED) is 0.721. The van der Waals surface area contributed by atoms with E-state index in [0.29, 0.717) is 5.69 Å². The molecule has 0 unspecified atom stereocenters. The number of hydrogen-bond acceptors (Lipinski definition) is 3. The Labute approximate surface area is 104 Å². The van der Waals surface area contributed by atoms with E-state index in [9.17, 15) is 4.79 Å². The third kappa shape index (κ3) is 1.72. The Balaban J connectivity index is 2.22. The fourth-order valence-corrected chi connectivity index (χ4v) is 3.07. The highest BCUT2D eigenvalue weighted by molar-refractivity contribution is 7.98. The van der Waals surface area contributed by atoms with Gasteiger partial charge in [0.1, 0.15) is 0 Å². The molecule has 0 fully saturated rings. The second kappa shape index (κ2) is 3.93. The van der Waals surface area contributed by atoms with Crippen molar-refractivity contribution in [2.24, 2.45) is 0 Å². The Hall–Kier alpha value is -1.74. The number of benzene rings is 2. The SMILES string of the molecule is Nc1ccc2c(c1)C(=O)c1ccccc1SC2. The van der Waals surface area contributed by atoms with Crippen molar-refractivity contribution in [3.63, 3.8) is 0 Å². The molecule has 0 aliphatic carbocycles. The summed E-state index contributed by atoms with van der Waals surface area (Å²) in [5.41, 5.74) is 8.97. The van der Waals surface area contributed by atoms with Crippen molar-refractivity contribution in [3.8, 4) is 0 Å². The van der Waals surface area contributed by atoms with Gasteiger partial charge in [0.05, 0.1) is 0 Å². The number of thioether (sulfide) groups is 1. The number of nitrogens with two attached hydrogens (primary N) is 1. The van der Waals surface area contributed by atoms with Crippen LogP contribution in [-0.4, -0.2) is 5.78 Å². The van der Waals surface area contributed by atoms with Crippen LogP contribution in [0.1, 0.15) is 21.5 Å². The van der Waals surface area contributed by atoms with Gasteiger partial charge in [-0.25, -0.2) is 0 Å². The molecule has 1 heterocycles. The lowest BCUT2D eigenvalue weighted by molar-refractivity contribution is 0.103. The first-order valence-electron chi connectivity index (χ1n) is 5.40. The van der Waals surface area contributed by atoms with Gasteiger partial charge >= 0.3 is 0 Å². The number of ketones is 1. The Morgan fingerprint density at radius 2 is 1.88 bits per heavy atom. The first-order valence-corrected chi connectivity index (χ1v) is 6.39. The van der Waals surface area contributed by atoms with Gasteiger partial charge in [0, 0.05) is 27.5 Å². The van der Waals surface area contributed by atoms with Crippen molar-refractivity contribution >= 4 is 23.2 Å². The van der Waals surface area contributed by atoms with Crippen molar-refractivity contribution in [1.82, 2.24) is 0 Å². The highest BCUT2D eigenvalue weighted by Crippen LogP contribution is 2.34. The zero-order valence-electron chi connectivity index (χ0n) is 9.14. The Morgan fingerprint density at radius 1 is 1.06 bits per heavy atom. The zero-order valence-corrected chi connectivity index (χ0v) is 9.96. The van der Waals surface area contributed by atoms with E-state index >= 15 is 0 Å². The first kappa shape index (κ1) is 10.4. The van der Waals surface area contributed by atoms with Gasteiger partial charge in [0.15, 0.2) is 5.78 Å². The molecular formula is C14H11NOS. The molecule has 0 saturated carbocycles. The second-order valence-electron chi connectivity index (χ2n) is 4.03. The molecule has 0 spiro atoms. The molecule has 2 N–H and O–H groups in total. The molecule has 17 heavy (non-hydrogen) atoms. The first-order chi connectivity index (χ1) is 8.25. The zero-order chi connectivity index (χ0) is 11.8. The fraction of sp³-hybridized carbons (Fsp3) is 0.0714. The molecule has 3 rings (SSSR count). The molecule has 2 aromatic rings. The van der Waals surface area contributed by atoms with Crippen LogP contribution in [0, 0.1) is 0 Å². The summed E-state index contributed by atoms with van der Waals surface area (Å²) in [5, 5.41) is 0. The maximum Gasteiger partial charge on any atom is 0.194 e. The summed E-state index contributed by atoms with van der Waals surface area (Å²) in [5.74, 6) is 0.895. The average Bonchev–Trinajstić information content (AvgIpc) is 2.49. The van der Waals surface area contributed by atoms with Crippen LogP contribution in [0.15, 0.2) is 47.4 Å². The number of carbonyl (C=O) groups is 1. The van der Waals surface area contributed by atoms with Crippen LogP contribution in [-0.2, 0) is 5.75 Å². The van der Waals surface area contributed by atoms with Gasteiger partial charge in [-0.1, -0.05) is 18.2 Å². The van der Waals surface area contributed by atoms with Crippen LogP contribution >= 0.6 is 11.8 Å². The van der Waals surface area contributed by atoms with Crippen molar-refractivity contribution < 1.29 is 4.79 Å². The molecule has 3 heteroatoms. The lowest BCUT2D eigenvalue weighted by atomic mass is 9.99. The molecule has 2 nitrogen and oxygen atoms in total. The molecule has 1 aliphatic rings. The third-order valence-electron chi connectivity index (χ3n) is 2.89. The summed E-state index contributed by atoms with van der Waals surface area (Å²) < 4.78 is 0. The molecule has 0 bridgehead atoms. The molecular weight excluding hydrogens is 230 g/mol. The monoisotopic (exact) mass is 241 g/mol. The molecule has 0 saturated heterocycles. The number of hydrogen-bond donors (Lipinski definition) is 1. The smallest absolute Gasteiger partial charge is 0.194 e. The molecule has 84 valence electrons. The van der Waals surface area contributed by atoms with E-state index in [2.05, 4.69) is 0 Å². The standard InChI is InChI=1S/C14H11NOS/c15-10-6-5-9-8-17-13-4-2-1-3-11(13)14(16)12(9)7-10/h1-7H,8,15H2. The summed E-state index contributed by atoms with van der Waals surface area (Å²) in [6.45, 7) is 0. The molecule has 2 aromatic carbocycles. The van der Waals surface area contributed by atoms with Crippen molar-refractivity contribution in [3.05, 3.63) is 59.2 Å². The lowest BCUT2D eigenvalue weighted by Gasteiger charge is -2.05. The predicted octanol–water partition coefficient (Wildman–Crippen LogP) is 3.11. The summed E-state index contributed by atoms with van der Waals surface area (Å²) in [6.07, 6.45) is 0. The maximum atomic E-state index is 12.4. The van der Waals surface area contributed by atoms with Gasteiger partial charge in [-0.15, -0.1) is 11.8 Å². The molecule has 1 aliphatic heterocycles. The minimum atomic E-state index is 0.0768. The molecule has 0 radical (unpaired) electrons. The van der Waals surface area contributed by atoms with Crippen molar-refractivity contribution in [2.75, 3.05) is 5.73 Å². The van der Waals surface area contributed by atoms with E-state index in [1.165, 1.54) is 0 Å². The van der Waals surface area contributed by atoms with E-state index < -0.39 is 0 Å². The number of nitrogen functional groups attached to an aromatic ring is 1. The van der Waals surface area contributed by atoms with E-state index in [1.807, 2.05) is 36.4 Å². The van der Waals surface area contributed by atoms with Crippen molar-refractivity contribution in [2.45, 2.75) is 10.6 Å². The second-order valence-corrected chi connectivity index (χ2v) is 5.05. The topological polar surface area (TPSA) is 43.1 Å². The van der Waals surface area contributed by atoms with Crippen LogP contribution in [0.3, 0.4) is 0 Å². The van der Waals surface area contributed by atoms with Crippen molar-refractivity contribution in [1.29, 1.82) is 0 Å². The highest BCUT2D eigenvalue weighted by Gasteiger charge is 2.20. The van der Waals surface area contributed by atoms with Gasteiger partial charge in [0.2, 0.25) is 0 Å². The summed E-state index contributed by atoms with van der Waals surface area (Å²) >= 11 is 1.70. The molecule has 0 amide bonds. The Morgan fingerprint density at radius 3 is 2.76 bits per heavy atom. The van der Waals surface area contributed by atoms with E-state index in [1.54, 1.807) is 17.8 Å². The van der Waals surface area contributed by atoms with E-state index in [-0.39, 0.29) is 5.78 Å². The van der Waals surface area contributed by atoms with Crippen LogP contribution in [0.25, 0.3) is 0 Å². The van der Waals surface area contributed by atoms with Gasteiger partial charge in [-0.05, 0) is 29.8 Å². The lowest BCUT2D eigenvalue weighted by Crippen LogP contribution is -2.04. The van der Waals surface area contributed by atoms with Gasteiger partial charge in [-0.2, -0.15) is 0 Å². The summed E-state index contributed by atoms with van der Waals surface area (Å²) in [6, 6.07) is 13.3. The third-order valence-corrected chi connectivity index (χ3v) is 4.02. The maximum absolute atomic E-state index is 12.4.